The monoisotopic (exact) mass is 387 g/mol. The van der Waals surface area contributed by atoms with Gasteiger partial charge in [-0.1, -0.05) is 36.4 Å². The van der Waals surface area contributed by atoms with Crippen LogP contribution in [0.2, 0.25) is 0 Å². The molecule has 2 heterocycles. The average molecular weight is 387 g/mol. The molecule has 1 aromatic heterocycles. The Balaban J connectivity index is 1.31. The molecule has 5 nitrogen and oxygen atoms in total. The molecule has 1 aliphatic rings. The van der Waals surface area contributed by atoms with Crippen LogP contribution in [0.25, 0.3) is 0 Å². The van der Waals surface area contributed by atoms with Gasteiger partial charge in [0.2, 0.25) is 0 Å². The number of benzene rings is 2. The zero-order valence-corrected chi connectivity index (χ0v) is 16.6. The zero-order valence-electron chi connectivity index (χ0n) is 16.6. The van der Waals surface area contributed by atoms with Crippen molar-refractivity contribution in [3.05, 3.63) is 89.2 Å². The van der Waals surface area contributed by atoms with Crippen molar-refractivity contribution in [2.45, 2.75) is 19.4 Å². The number of anilines is 1. The summed E-state index contributed by atoms with van der Waals surface area (Å²) < 4.78 is 5.16. The van der Waals surface area contributed by atoms with E-state index in [9.17, 15) is 4.79 Å². The highest BCUT2D eigenvalue weighted by molar-refractivity contribution is 5.92. The molecule has 0 saturated heterocycles. The van der Waals surface area contributed by atoms with E-state index in [1.54, 1.807) is 19.4 Å². The summed E-state index contributed by atoms with van der Waals surface area (Å²) in [5, 5.41) is 2.94. The summed E-state index contributed by atoms with van der Waals surface area (Å²) in [6.07, 6.45) is 3.59. The molecule has 0 radical (unpaired) electrons. The summed E-state index contributed by atoms with van der Waals surface area (Å²) in [6.45, 7) is 2.41. The van der Waals surface area contributed by atoms with Crippen LogP contribution in [0.1, 0.15) is 27.2 Å². The number of carbonyl (C=O) groups excluding carboxylic acids is 1. The van der Waals surface area contributed by atoms with Gasteiger partial charge >= 0.3 is 0 Å². The second kappa shape index (κ2) is 8.78. The Morgan fingerprint density at radius 1 is 1.07 bits per heavy atom. The van der Waals surface area contributed by atoms with Gasteiger partial charge in [0.1, 0.15) is 11.4 Å². The Bertz CT molecular complexity index is 968. The summed E-state index contributed by atoms with van der Waals surface area (Å²) >= 11 is 0. The molecule has 29 heavy (non-hydrogen) atoms. The fourth-order valence-corrected chi connectivity index (χ4v) is 3.63. The molecule has 0 unspecified atom stereocenters. The molecule has 0 fully saturated rings. The SMILES string of the molecule is COc1ccc(CCNC(=O)c2ccc(N3CCc4ccccc4C3)cn2)cc1. The molecule has 0 spiro atoms. The van der Waals surface area contributed by atoms with Crippen LogP contribution in [0.15, 0.2) is 66.9 Å². The van der Waals surface area contributed by atoms with Crippen LogP contribution < -0.4 is 15.0 Å². The smallest absolute Gasteiger partial charge is 0.269 e. The highest BCUT2D eigenvalue weighted by Crippen LogP contribution is 2.23. The third-order valence-corrected chi connectivity index (χ3v) is 5.33. The van der Waals surface area contributed by atoms with Crippen LogP contribution in [0.5, 0.6) is 5.75 Å². The van der Waals surface area contributed by atoms with Gasteiger partial charge in [-0.05, 0) is 53.8 Å². The number of ether oxygens (including phenoxy) is 1. The van der Waals surface area contributed by atoms with Gasteiger partial charge in [-0.25, -0.2) is 4.98 Å². The Labute approximate surface area is 171 Å². The minimum atomic E-state index is -0.144. The Morgan fingerprint density at radius 3 is 2.59 bits per heavy atom. The standard InChI is InChI=1S/C24H25N3O2/c1-29-22-9-6-18(7-10-22)12-14-25-24(28)23-11-8-21(16-26-23)27-15-13-19-4-2-3-5-20(19)17-27/h2-11,16H,12-15,17H2,1H3,(H,25,28). The lowest BCUT2D eigenvalue weighted by Gasteiger charge is -2.30. The quantitative estimate of drug-likeness (QED) is 0.702. The van der Waals surface area contributed by atoms with E-state index < -0.39 is 0 Å². The average Bonchev–Trinajstić information content (AvgIpc) is 2.79. The first-order chi connectivity index (χ1) is 14.2. The van der Waals surface area contributed by atoms with E-state index in [0.29, 0.717) is 12.2 Å². The third kappa shape index (κ3) is 4.57. The predicted octanol–water partition coefficient (Wildman–Crippen LogP) is 3.63. The van der Waals surface area contributed by atoms with E-state index >= 15 is 0 Å². The van der Waals surface area contributed by atoms with Crippen LogP contribution in [-0.4, -0.2) is 31.1 Å². The second-order valence-corrected chi connectivity index (χ2v) is 7.20. The molecule has 0 atom stereocenters. The maximum atomic E-state index is 12.4. The molecule has 3 aromatic rings. The van der Waals surface area contributed by atoms with Crippen molar-refractivity contribution in [2.24, 2.45) is 0 Å². The van der Waals surface area contributed by atoms with Crippen molar-refractivity contribution in [3.8, 4) is 5.75 Å². The lowest BCUT2D eigenvalue weighted by atomic mass is 10.00. The molecular formula is C24H25N3O2. The number of hydrogen-bond donors (Lipinski definition) is 1. The number of aromatic nitrogens is 1. The number of rotatable bonds is 6. The lowest BCUT2D eigenvalue weighted by Crippen LogP contribution is -2.30. The fourth-order valence-electron chi connectivity index (χ4n) is 3.63. The minimum absolute atomic E-state index is 0.144. The van der Waals surface area contributed by atoms with Crippen molar-refractivity contribution in [3.63, 3.8) is 0 Å². The lowest BCUT2D eigenvalue weighted by molar-refractivity contribution is 0.0949. The maximum absolute atomic E-state index is 12.4. The summed E-state index contributed by atoms with van der Waals surface area (Å²) in [5.74, 6) is 0.688. The van der Waals surface area contributed by atoms with Crippen LogP contribution in [0.3, 0.4) is 0 Å². The molecule has 148 valence electrons. The van der Waals surface area contributed by atoms with Gasteiger partial charge in [-0.2, -0.15) is 0 Å². The Morgan fingerprint density at radius 2 is 1.86 bits per heavy atom. The summed E-state index contributed by atoms with van der Waals surface area (Å²) in [4.78, 5) is 19.1. The topological polar surface area (TPSA) is 54.5 Å². The van der Waals surface area contributed by atoms with Gasteiger partial charge in [0.25, 0.3) is 5.91 Å². The van der Waals surface area contributed by atoms with Crippen LogP contribution >= 0.6 is 0 Å². The summed E-state index contributed by atoms with van der Waals surface area (Å²) in [7, 11) is 1.65. The first-order valence-electron chi connectivity index (χ1n) is 9.92. The number of methoxy groups -OCH3 is 1. The first kappa shape index (κ1) is 19.0. The van der Waals surface area contributed by atoms with Crippen LogP contribution in [-0.2, 0) is 19.4 Å². The van der Waals surface area contributed by atoms with Crippen molar-refractivity contribution >= 4 is 11.6 Å². The number of amides is 1. The number of nitrogens with zero attached hydrogens (tertiary/aromatic N) is 2. The normalized spacial score (nSPS) is 12.9. The first-order valence-corrected chi connectivity index (χ1v) is 9.92. The summed E-state index contributed by atoms with van der Waals surface area (Å²) in [6, 6.07) is 20.2. The number of fused-ring (bicyclic) bond motifs is 1. The molecule has 0 saturated carbocycles. The highest BCUT2D eigenvalue weighted by Gasteiger charge is 2.17. The molecule has 2 aromatic carbocycles. The predicted molar refractivity (Wildman–Crippen MR) is 114 cm³/mol. The van der Waals surface area contributed by atoms with Gasteiger partial charge in [0.05, 0.1) is 19.0 Å². The number of pyridine rings is 1. The third-order valence-electron chi connectivity index (χ3n) is 5.33. The van der Waals surface area contributed by atoms with Crippen molar-refractivity contribution in [1.82, 2.24) is 10.3 Å². The van der Waals surface area contributed by atoms with Crippen molar-refractivity contribution in [2.75, 3.05) is 25.1 Å². The molecule has 1 aliphatic heterocycles. The van der Waals surface area contributed by atoms with Gasteiger partial charge in [-0.15, -0.1) is 0 Å². The zero-order chi connectivity index (χ0) is 20.1. The molecule has 5 heteroatoms. The van der Waals surface area contributed by atoms with Gasteiger partial charge in [-0.3, -0.25) is 4.79 Å². The van der Waals surface area contributed by atoms with Gasteiger partial charge in [0.15, 0.2) is 0 Å². The molecule has 4 rings (SSSR count). The number of hydrogen-bond acceptors (Lipinski definition) is 4. The van der Waals surface area contributed by atoms with Crippen LogP contribution in [0, 0.1) is 0 Å². The maximum Gasteiger partial charge on any atom is 0.269 e. The summed E-state index contributed by atoms with van der Waals surface area (Å²) in [5.41, 5.74) is 5.43. The fraction of sp³-hybridized carbons (Fsp3) is 0.250. The Hall–Kier alpha value is -3.34. The van der Waals surface area contributed by atoms with E-state index in [0.717, 1.165) is 42.9 Å². The van der Waals surface area contributed by atoms with E-state index in [1.807, 2.05) is 30.3 Å². The molecule has 1 N–H and O–H groups in total. The molecule has 0 aliphatic carbocycles. The second-order valence-electron chi connectivity index (χ2n) is 7.20. The van der Waals surface area contributed by atoms with E-state index in [4.69, 9.17) is 4.74 Å². The van der Waals surface area contributed by atoms with E-state index in [2.05, 4.69) is 39.5 Å². The van der Waals surface area contributed by atoms with Gasteiger partial charge in [0, 0.05) is 19.6 Å². The molecular weight excluding hydrogens is 362 g/mol. The number of carbonyl (C=O) groups is 1. The van der Waals surface area contributed by atoms with E-state index in [1.165, 1.54) is 11.1 Å². The van der Waals surface area contributed by atoms with Crippen molar-refractivity contribution in [1.29, 1.82) is 0 Å². The minimum Gasteiger partial charge on any atom is -0.497 e. The van der Waals surface area contributed by atoms with Crippen molar-refractivity contribution < 1.29 is 9.53 Å². The molecule has 1 amide bonds. The highest BCUT2D eigenvalue weighted by atomic mass is 16.5. The largest absolute Gasteiger partial charge is 0.497 e. The van der Waals surface area contributed by atoms with E-state index in [-0.39, 0.29) is 5.91 Å². The molecule has 0 bridgehead atoms. The number of nitrogens with one attached hydrogen (secondary N) is 1. The van der Waals surface area contributed by atoms with Crippen LogP contribution in [0.4, 0.5) is 5.69 Å². The Kier molecular flexibility index (Phi) is 5.75. The van der Waals surface area contributed by atoms with Gasteiger partial charge < -0.3 is 15.0 Å².